The Morgan fingerprint density at radius 3 is 2.67 bits per heavy atom. The zero-order chi connectivity index (χ0) is 19.2. The van der Waals surface area contributed by atoms with E-state index in [2.05, 4.69) is 53.8 Å². The van der Waals surface area contributed by atoms with Crippen LogP contribution in [0.2, 0.25) is 0 Å². The number of likely N-dealkylation sites (N-methyl/N-ethyl adjacent to an activating group) is 1. The Morgan fingerprint density at radius 2 is 1.89 bits per heavy atom. The number of aliphatic hydroxyl groups is 1. The molecule has 0 spiro atoms. The molecule has 1 aromatic carbocycles. The SMILES string of the molecule is CC(C)Oc1cccc(CN2CC(CO)C(CN3CCCN(C)CC3)C2)c1. The van der Waals surface area contributed by atoms with Crippen LogP contribution in [0.4, 0.5) is 0 Å². The van der Waals surface area contributed by atoms with Crippen LogP contribution in [0.3, 0.4) is 0 Å². The van der Waals surface area contributed by atoms with Gasteiger partial charge < -0.3 is 19.6 Å². The fourth-order valence-electron chi connectivity index (χ4n) is 4.44. The highest BCUT2D eigenvalue weighted by molar-refractivity contribution is 5.28. The third kappa shape index (κ3) is 6.18. The van der Waals surface area contributed by atoms with Gasteiger partial charge in [-0.25, -0.2) is 0 Å². The minimum absolute atomic E-state index is 0.197. The minimum Gasteiger partial charge on any atom is -0.491 e. The molecule has 2 saturated heterocycles. The number of aliphatic hydroxyl groups excluding tert-OH is 1. The van der Waals surface area contributed by atoms with E-state index < -0.39 is 0 Å². The third-order valence-electron chi connectivity index (χ3n) is 5.87. The van der Waals surface area contributed by atoms with Crippen LogP contribution in [-0.2, 0) is 6.54 Å². The fourth-order valence-corrected chi connectivity index (χ4v) is 4.44. The second-order valence-electron chi connectivity index (χ2n) is 8.67. The highest BCUT2D eigenvalue weighted by Crippen LogP contribution is 2.27. The second kappa shape index (κ2) is 9.87. The van der Waals surface area contributed by atoms with Crippen molar-refractivity contribution in [2.75, 3.05) is 59.5 Å². The van der Waals surface area contributed by atoms with Crippen LogP contribution in [0.5, 0.6) is 5.75 Å². The molecular formula is C22H37N3O2. The van der Waals surface area contributed by atoms with Crippen molar-refractivity contribution in [3.63, 3.8) is 0 Å². The maximum atomic E-state index is 9.92. The lowest BCUT2D eigenvalue weighted by Crippen LogP contribution is -2.36. The molecule has 0 aliphatic carbocycles. The predicted molar refractivity (Wildman–Crippen MR) is 110 cm³/mol. The van der Waals surface area contributed by atoms with Crippen molar-refractivity contribution in [1.82, 2.24) is 14.7 Å². The van der Waals surface area contributed by atoms with Crippen LogP contribution in [0.15, 0.2) is 24.3 Å². The van der Waals surface area contributed by atoms with E-state index in [4.69, 9.17) is 4.74 Å². The highest BCUT2D eigenvalue weighted by Gasteiger charge is 2.33. The Bertz CT molecular complexity index is 580. The molecule has 5 nitrogen and oxygen atoms in total. The summed E-state index contributed by atoms with van der Waals surface area (Å²) in [5.74, 6) is 1.90. The largest absolute Gasteiger partial charge is 0.491 e. The molecule has 0 bridgehead atoms. The van der Waals surface area contributed by atoms with Crippen LogP contribution >= 0.6 is 0 Å². The first-order valence-corrected chi connectivity index (χ1v) is 10.5. The van der Waals surface area contributed by atoms with Gasteiger partial charge in [0.25, 0.3) is 0 Å². The first kappa shape index (κ1) is 20.6. The number of benzene rings is 1. The van der Waals surface area contributed by atoms with Crippen molar-refractivity contribution >= 4 is 0 Å². The second-order valence-corrected chi connectivity index (χ2v) is 8.67. The summed E-state index contributed by atoms with van der Waals surface area (Å²) in [4.78, 5) is 7.54. The zero-order valence-corrected chi connectivity index (χ0v) is 17.3. The molecule has 0 aromatic heterocycles. The topological polar surface area (TPSA) is 39.2 Å². The summed E-state index contributed by atoms with van der Waals surface area (Å²) in [7, 11) is 2.22. The molecule has 27 heavy (non-hydrogen) atoms. The van der Waals surface area contributed by atoms with Gasteiger partial charge in [-0.05, 0) is 69.9 Å². The van der Waals surface area contributed by atoms with Crippen LogP contribution in [0.1, 0.15) is 25.8 Å². The van der Waals surface area contributed by atoms with Gasteiger partial charge in [-0.3, -0.25) is 4.90 Å². The molecule has 5 heteroatoms. The molecule has 2 heterocycles. The summed E-state index contributed by atoms with van der Waals surface area (Å²) in [6.45, 7) is 13.2. The average Bonchev–Trinajstić information content (AvgIpc) is 2.88. The molecule has 1 aromatic rings. The molecule has 2 aliphatic heterocycles. The molecule has 1 N–H and O–H groups in total. The van der Waals surface area contributed by atoms with E-state index in [1.807, 2.05) is 6.07 Å². The molecule has 0 saturated carbocycles. The van der Waals surface area contributed by atoms with Gasteiger partial charge in [0, 0.05) is 45.9 Å². The minimum atomic E-state index is 0.197. The molecule has 2 aliphatic rings. The lowest BCUT2D eigenvalue weighted by Gasteiger charge is -2.26. The maximum absolute atomic E-state index is 9.92. The average molecular weight is 376 g/mol. The first-order valence-electron chi connectivity index (χ1n) is 10.5. The van der Waals surface area contributed by atoms with Gasteiger partial charge >= 0.3 is 0 Å². The lowest BCUT2D eigenvalue weighted by molar-refractivity contribution is 0.165. The van der Waals surface area contributed by atoms with Gasteiger partial charge in [-0.2, -0.15) is 0 Å². The van der Waals surface area contributed by atoms with E-state index in [9.17, 15) is 5.11 Å². The van der Waals surface area contributed by atoms with E-state index >= 15 is 0 Å². The predicted octanol–water partition coefficient (Wildman–Crippen LogP) is 2.15. The van der Waals surface area contributed by atoms with Crippen LogP contribution in [-0.4, -0.2) is 85.4 Å². The molecule has 0 radical (unpaired) electrons. The molecule has 2 atom stereocenters. The van der Waals surface area contributed by atoms with Gasteiger partial charge in [0.2, 0.25) is 0 Å². The van der Waals surface area contributed by atoms with E-state index in [-0.39, 0.29) is 6.10 Å². The zero-order valence-electron chi connectivity index (χ0n) is 17.3. The summed E-state index contributed by atoms with van der Waals surface area (Å²) >= 11 is 0. The van der Waals surface area contributed by atoms with Crippen LogP contribution in [0.25, 0.3) is 0 Å². The molecule has 0 amide bonds. The number of hydrogen-bond acceptors (Lipinski definition) is 5. The van der Waals surface area contributed by atoms with Gasteiger partial charge in [-0.1, -0.05) is 12.1 Å². The molecule has 2 fully saturated rings. The Morgan fingerprint density at radius 1 is 1.07 bits per heavy atom. The van der Waals surface area contributed by atoms with Gasteiger partial charge in [-0.15, -0.1) is 0 Å². The summed E-state index contributed by atoms with van der Waals surface area (Å²) < 4.78 is 5.83. The highest BCUT2D eigenvalue weighted by atomic mass is 16.5. The summed E-state index contributed by atoms with van der Waals surface area (Å²) in [6.07, 6.45) is 1.45. The number of ether oxygens (including phenoxy) is 1. The number of rotatable bonds is 7. The van der Waals surface area contributed by atoms with E-state index in [0.717, 1.165) is 45.0 Å². The van der Waals surface area contributed by atoms with Crippen molar-refractivity contribution in [2.45, 2.75) is 32.9 Å². The Labute approximate surface area is 164 Å². The Hall–Kier alpha value is -1.14. The maximum Gasteiger partial charge on any atom is 0.120 e. The molecule has 3 rings (SSSR count). The van der Waals surface area contributed by atoms with Crippen molar-refractivity contribution in [1.29, 1.82) is 0 Å². The summed E-state index contributed by atoms with van der Waals surface area (Å²) in [6, 6.07) is 8.45. The van der Waals surface area contributed by atoms with Crippen molar-refractivity contribution in [2.24, 2.45) is 11.8 Å². The van der Waals surface area contributed by atoms with Gasteiger partial charge in [0.15, 0.2) is 0 Å². The third-order valence-corrected chi connectivity index (χ3v) is 5.87. The monoisotopic (exact) mass is 375 g/mol. The number of nitrogens with zero attached hydrogens (tertiary/aromatic N) is 3. The molecule has 152 valence electrons. The van der Waals surface area contributed by atoms with Crippen LogP contribution in [0, 0.1) is 11.8 Å². The van der Waals surface area contributed by atoms with Crippen LogP contribution < -0.4 is 4.74 Å². The first-order chi connectivity index (χ1) is 13.0. The normalized spacial score (nSPS) is 25.8. The Balaban J connectivity index is 1.56. The number of hydrogen-bond donors (Lipinski definition) is 1. The smallest absolute Gasteiger partial charge is 0.120 e. The Kier molecular flexibility index (Phi) is 7.53. The van der Waals surface area contributed by atoms with Gasteiger partial charge in [0.05, 0.1) is 6.10 Å². The van der Waals surface area contributed by atoms with E-state index in [1.165, 1.54) is 25.1 Å². The fraction of sp³-hybridized carbons (Fsp3) is 0.727. The van der Waals surface area contributed by atoms with Crippen molar-refractivity contribution in [3.8, 4) is 5.75 Å². The van der Waals surface area contributed by atoms with E-state index in [0.29, 0.717) is 18.4 Å². The standard InChI is InChI=1S/C22H37N3O2/c1-18(2)27-22-7-4-6-19(12-22)13-25-15-20(21(16-25)17-26)14-24-9-5-8-23(3)10-11-24/h4,6-7,12,18,20-21,26H,5,8-11,13-17H2,1-3H3. The lowest BCUT2D eigenvalue weighted by atomic mass is 9.96. The van der Waals surface area contributed by atoms with Crippen molar-refractivity contribution in [3.05, 3.63) is 29.8 Å². The summed E-state index contributed by atoms with van der Waals surface area (Å²) in [5.41, 5.74) is 1.29. The number of likely N-dealkylation sites (tertiary alicyclic amines) is 1. The quantitative estimate of drug-likeness (QED) is 0.791. The molecular weight excluding hydrogens is 338 g/mol. The van der Waals surface area contributed by atoms with E-state index in [1.54, 1.807) is 0 Å². The van der Waals surface area contributed by atoms with Gasteiger partial charge in [0.1, 0.15) is 5.75 Å². The molecule has 2 unspecified atom stereocenters. The van der Waals surface area contributed by atoms with Crippen molar-refractivity contribution < 1.29 is 9.84 Å². The summed E-state index contributed by atoms with van der Waals surface area (Å²) in [5, 5.41) is 9.92.